The fourth-order valence-corrected chi connectivity index (χ4v) is 4.27. The summed E-state index contributed by atoms with van der Waals surface area (Å²) in [6.07, 6.45) is -1.86. The maximum atomic E-state index is 12.9. The van der Waals surface area contributed by atoms with Gasteiger partial charge in [0.1, 0.15) is 0 Å². The number of alkyl halides is 3. The Labute approximate surface area is 207 Å². The van der Waals surface area contributed by atoms with Gasteiger partial charge in [-0.05, 0) is 53.3 Å². The number of halogens is 3. The van der Waals surface area contributed by atoms with Crippen molar-refractivity contribution in [2.24, 2.45) is 0 Å². The van der Waals surface area contributed by atoms with E-state index in [4.69, 9.17) is 4.84 Å². The third kappa shape index (κ3) is 6.31. The van der Waals surface area contributed by atoms with Gasteiger partial charge in [0.15, 0.2) is 0 Å². The summed E-state index contributed by atoms with van der Waals surface area (Å²) in [4.78, 5) is 31.8. The fraction of sp³-hybridized carbons (Fsp3) is 0.286. The Hall–Kier alpha value is -3.65. The van der Waals surface area contributed by atoms with E-state index in [0.717, 1.165) is 41.7 Å². The molecule has 5 nitrogen and oxygen atoms in total. The molecule has 0 saturated carbocycles. The van der Waals surface area contributed by atoms with E-state index in [-0.39, 0.29) is 11.8 Å². The van der Waals surface area contributed by atoms with Crippen LogP contribution >= 0.6 is 0 Å². The highest BCUT2D eigenvalue weighted by atomic mass is 19.4. The average molecular weight is 497 g/mol. The zero-order chi connectivity index (χ0) is 25.5. The minimum Gasteiger partial charge on any atom is -0.334 e. The van der Waals surface area contributed by atoms with Gasteiger partial charge in [0, 0.05) is 25.1 Å². The molecule has 4 rings (SSSR count). The Morgan fingerprint density at radius 2 is 1.61 bits per heavy atom. The number of hydroxylamine groups is 1. The smallest absolute Gasteiger partial charge is 0.334 e. The molecule has 0 radical (unpaired) electrons. The zero-order valence-electron chi connectivity index (χ0n) is 19.7. The summed E-state index contributed by atoms with van der Waals surface area (Å²) in [6, 6.07) is 19.9. The van der Waals surface area contributed by atoms with Crippen LogP contribution in [0.2, 0.25) is 0 Å². The summed E-state index contributed by atoms with van der Waals surface area (Å²) in [5, 5.41) is 0. The van der Waals surface area contributed by atoms with Crippen LogP contribution < -0.4 is 5.48 Å². The predicted molar refractivity (Wildman–Crippen MR) is 129 cm³/mol. The van der Waals surface area contributed by atoms with E-state index in [2.05, 4.69) is 5.48 Å². The molecule has 3 aromatic carbocycles. The Balaban J connectivity index is 1.23. The van der Waals surface area contributed by atoms with Gasteiger partial charge in [-0.2, -0.15) is 13.2 Å². The summed E-state index contributed by atoms with van der Waals surface area (Å²) in [5.41, 5.74) is 5.55. The van der Waals surface area contributed by atoms with Gasteiger partial charge in [-0.25, -0.2) is 5.48 Å². The number of amides is 2. The first-order valence-corrected chi connectivity index (χ1v) is 11.9. The lowest BCUT2D eigenvalue weighted by atomic mass is 9.96. The van der Waals surface area contributed by atoms with Crippen molar-refractivity contribution in [3.8, 4) is 11.1 Å². The molecule has 0 atom stereocenters. The van der Waals surface area contributed by atoms with Crippen LogP contribution in [0.4, 0.5) is 13.2 Å². The summed E-state index contributed by atoms with van der Waals surface area (Å²) >= 11 is 0. The van der Waals surface area contributed by atoms with E-state index >= 15 is 0 Å². The van der Waals surface area contributed by atoms with Crippen molar-refractivity contribution in [1.82, 2.24) is 10.4 Å². The van der Waals surface area contributed by atoms with Crippen LogP contribution in [0.1, 0.15) is 52.7 Å². The van der Waals surface area contributed by atoms with E-state index in [9.17, 15) is 22.8 Å². The van der Waals surface area contributed by atoms with Gasteiger partial charge in [-0.1, -0.05) is 61.0 Å². The quantitative estimate of drug-likeness (QED) is 0.271. The van der Waals surface area contributed by atoms with Gasteiger partial charge >= 0.3 is 6.18 Å². The number of unbranched alkanes of at least 4 members (excludes halogenated alkanes) is 2. The van der Waals surface area contributed by atoms with Crippen molar-refractivity contribution < 1.29 is 27.6 Å². The first-order chi connectivity index (χ1) is 17.3. The minimum atomic E-state index is -4.39. The van der Waals surface area contributed by atoms with E-state index in [1.165, 1.54) is 12.1 Å². The van der Waals surface area contributed by atoms with E-state index in [1.54, 1.807) is 17.0 Å². The van der Waals surface area contributed by atoms with Crippen LogP contribution in [-0.4, -0.2) is 23.3 Å². The van der Waals surface area contributed by atoms with Crippen molar-refractivity contribution in [2.75, 3.05) is 6.54 Å². The number of fused-ring (bicyclic) bond motifs is 1. The van der Waals surface area contributed by atoms with Crippen LogP contribution in [0.15, 0.2) is 72.8 Å². The molecule has 0 aromatic heterocycles. The second-order valence-electron chi connectivity index (χ2n) is 8.74. The normalized spacial score (nSPS) is 13.1. The summed E-state index contributed by atoms with van der Waals surface area (Å²) in [7, 11) is 0. The Bertz CT molecular complexity index is 1190. The summed E-state index contributed by atoms with van der Waals surface area (Å²) in [5.74, 6) is -0.261. The largest absolute Gasteiger partial charge is 0.416 e. The molecule has 0 saturated heterocycles. The maximum Gasteiger partial charge on any atom is 0.416 e. The number of hydrogen-bond acceptors (Lipinski definition) is 3. The second-order valence-corrected chi connectivity index (χ2v) is 8.74. The van der Waals surface area contributed by atoms with Crippen molar-refractivity contribution >= 4 is 11.8 Å². The molecule has 0 spiro atoms. The lowest BCUT2D eigenvalue weighted by Gasteiger charge is -2.15. The minimum absolute atomic E-state index is 0.0779. The predicted octanol–water partition coefficient (Wildman–Crippen LogP) is 6.14. The zero-order valence-corrected chi connectivity index (χ0v) is 19.7. The summed E-state index contributed by atoms with van der Waals surface area (Å²) in [6.45, 7) is 1.27. The molecule has 1 heterocycles. The molecule has 1 N–H and O–H groups in total. The third-order valence-electron chi connectivity index (χ3n) is 6.17. The lowest BCUT2D eigenvalue weighted by molar-refractivity contribution is -0.137. The average Bonchev–Trinajstić information content (AvgIpc) is 3.19. The Kier molecular flexibility index (Phi) is 8.05. The van der Waals surface area contributed by atoms with Crippen LogP contribution in [0.5, 0.6) is 0 Å². The van der Waals surface area contributed by atoms with Crippen molar-refractivity contribution in [2.45, 2.75) is 45.0 Å². The van der Waals surface area contributed by atoms with E-state index < -0.39 is 11.7 Å². The van der Waals surface area contributed by atoms with Gasteiger partial charge in [0.2, 0.25) is 5.91 Å². The van der Waals surface area contributed by atoms with E-state index in [1.807, 2.05) is 36.4 Å². The highest BCUT2D eigenvalue weighted by Gasteiger charge is 2.31. The highest BCUT2D eigenvalue weighted by molar-refractivity contribution is 6.00. The first-order valence-electron chi connectivity index (χ1n) is 11.9. The second kappa shape index (κ2) is 11.4. The van der Waals surface area contributed by atoms with E-state index in [0.29, 0.717) is 43.7 Å². The van der Waals surface area contributed by atoms with Crippen molar-refractivity contribution in [1.29, 1.82) is 0 Å². The number of carbonyl (C=O) groups excluding carboxylic acids is 2. The molecular weight excluding hydrogens is 469 g/mol. The lowest BCUT2D eigenvalue weighted by Crippen LogP contribution is -2.25. The highest BCUT2D eigenvalue weighted by Crippen LogP contribution is 2.35. The monoisotopic (exact) mass is 496 g/mol. The SMILES string of the molecule is O=C(CCCCCN1Cc2c(cccc2-c2ccc(C(F)(F)F)cc2)C1=O)NOCc1ccccc1. The molecule has 1 aliphatic rings. The molecule has 2 amide bonds. The number of nitrogens with zero attached hydrogens (tertiary/aromatic N) is 1. The molecule has 0 fully saturated rings. The van der Waals surface area contributed by atoms with Crippen molar-refractivity contribution in [3.05, 3.63) is 95.1 Å². The number of carbonyl (C=O) groups is 2. The molecule has 36 heavy (non-hydrogen) atoms. The van der Waals surface area contributed by atoms with Crippen molar-refractivity contribution in [3.63, 3.8) is 0 Å². The maximum absolute atomic E-state index is 12.9. The Morgan fingerprint density at radius 1 is 0.889 bits per heavy atom. The fourth-order valence-electron chi connectivity index (χ4n) is 4.27. The van der Waals surface area contributed by atoms with Crippen LogP contribution in [-0.2, 0) is 29.0 Å². The number of hydrogen-bond donors (Lipinski definition) is 1. The number of benzene rings is 3. The molecular formula is C28H27F3N2O3. The number of rotatable bonds is 10. The molecule has 3 aromatic rings. The summed E-state index contributed by atoms with van der Waals surface area (Å²) < 4.78 is 38.7. The molecule has 188 valence electrons. The van der Waals surface area contributed by atoms with Gasteiger partial charge in [-0.3, -0.25) is 14.4 Å². The Morgan fingerprint density at radius 3 is 2.33 bits per heavy atom. The topological polar surface area (TPSA) is 58.6 Å². The molecule has 8 heteroatoms. The molecule has 1 aliphatic heterocycles. The van der Waals surface area contributed by atoms with Gasteiger partial charge in [0.25, 0.3) is 5.91 Å². The van der Waals surface area contributed by atoms with Crippen LogP contribution in [0.3, 0.4) is 0 Å². The van der Waals surface area contributed by atoms with Crippen LogP contribution in [0.25, 0.3) is 11.1 Å². The molecule has 0 aliphatic carbocycles. The molecule has 0 unspecified atom stereocenters. The van der Waals surface area contributed by atoms with Gasteiger partial charge in [0.05, 0.1) is 12.2 Å². The van der Waals surface area contributed by atoms with Gasteiger partial charge < -0.3 is 4.90 Å². The standard InChI is InChI=1S/C28H27F3N2O3/c29-28(30,31)22-15-13-21(14-16-22)23-10-7-11-24-25(23)18-33(27(24)35)17-6-2-5-12-26(34)32-36-19-20-8-3-1-4-9-20/h1,3-4,7-11,13-16H,2,5-6,12,17-19H2,(H,32,34). The van der Waals surface area contributed by atoms with Crippen LogP contribution in [0, 0.1) is 0 Å². The first kappa shape index (κ1) is 25.4. The third-order valence-corrected chi connectivity index (χ3v) is 6.17. The van der Waals surface area contributed by atoms with Gasteiger partial charge in [-0.15, -0.1) is 0 Å². The molecule has 0 bridgehead atoms. The number of nitrogens with one attached hydrogen (secondary N) is 1.